The maximum atomic E-state index is 12.9. The summed E-state index contributed by atoms with van der Waals surface area (Å²) in [5.41, 5.74) is 0.540. The summed E-state index contributed by atoms with van der Waals surface area (Å²) in [7, 11) is -5.56. The van der Waals surface area contributed by atoms with Crippen LogP contribution in [-0.4, -0.2) is 53.0 Å². The first-order valence-electron chi connectivity index (χ1n) is 9.17. The van der Waals surface area contributed by atoms with Crippen molar-refractivity contribution in [3.63, 3.8) is 0 Å². The van der Waals surface area contributed by atoms with Crippen LogP contribution in [0.1, 0.15) is 32.6 Å². The summed E-state index contributed by atoms with van der Waals surface area (Å²) in [6.45, 7) is 1.22. The lowest BCUT2D eigenvalue weighted by atomic mass is 9.86. The summed E-state index contributed by atoms with van der Waals surface area (Å²) >= 11 is 0. The summed E-state index contributed by atoms with van der Waals surface area (Å²) < 4.78 is 53.6. The van der Waals surface area contributed by atoms with Crippen LogP contribution in [0.25, 0.3) is 0 Å². The molecule has 8 nitrogen and oxygen atoms in total. The lowest BCUT2D eigenvalue weighted by molar-refractivity contribution is -0.114. The average molecular weight is 443 g/mol. The molecule has 1 fully saturated rings. The van der Waals surface area contributed by atoms with Gasteiger partial charge in [0.25, 0.3) is 10.1 Å². The predicted molar refractivity (Wildman–Crippen MR) is 110 cm³/mol. The van der Waals surface area contributed by atoms with E-state index < -0.39 is 20.1 Å². The number of nitrogens with zero attached hydrogens (tertiary/aromatic N) is 1. The molecule has 0 saturated heterocycles. The molecule has 2 rings (SSSR count). The van der Waals surface area contributed by atoms with E-state index in [2.05, 4.69) is 21.3 Å². The molecule has 1 aliphatic rings. The molecule has 0 bridgehead atoms. The molecule has 0 spiro atoms. The van der Waals surface area contributed by atoms with Gasteiger partial charge in [-0.1, -0.05) is 11.8 Å². The van der Waals surface area contributed by atoms with E-state index in [1.807, 2.05) is 0 Å². The number of rotatable bonds is 6. The standard InChI is InChI=1S/C19H26N2O6S2/c1-15(22)20-17-8-12-19(13-9-17)29(25,26)21(2)18-10-6-16(7-11-18)5-4-14-27-28(3,23)24/h8-9,12-13,16,18H,6-7,10-11,14H2,1-3H3,(H,20,22). The van der Waals surface area contributed by atoms with Crippen LogP contribution in [0.2, 0.25) is 0 Å². The Morgan fingerprint density at radius 3 is 2.24 bits per heavy atom. The first kappa shape index (κ1) is 23.3. The van der Waals surface area contributed by atoms with E-state index >= 15 is 0 Å². The maximum absolute atomic E-state index is 12.9. The lowest BCUT2D eigenvalue weighted by Gasteiger charge is -2.32. The number of nitrogens with one attached hydrogen (secondary N) is 1. The minimum absolute atomic E-state index is 0.0995. The van der Waals surface area contributed by atoms with Crippen molar-refractivity contribution in [2.45, 2.75) is 43.5 Å². The van der Waals surface area contributed by atoms with Gasteiger partial charge in [0.05, 0.1) is 11.2 Å². The summed E-state index contributed by atoms with van der Waals surface area (Å²) in [5.74, 6) is 5.60. The van der Waals surface area contributed by atoms with Crippen molar-refractivity contribution in [2.24, 2.45) is 5.92 Å². The monoisotopic (exact) mass is 442 g/mol. The predicted octanol–water partition coefficient (Wildman–Crippen LogP) is 1.80. The highest BCUT2D eigenvalue weighted by atomic mass is 32.2. The van der Waals surface area contributed by atoms with Gasteiger partial charge in [0.1, 0.15) is 6.61 Å². The molecule has 10 heteroatoms. The van der Waals surface area contributed by atoms with Gasteiger partial charge in [-0.3, -0.25) is 8.98 Å². The van der Waals surface area contributed by atoms with Gasteiger partial charge in [-0.05, 0) is 49.9 Å². The van der Waals surface area contributed by atoms with Crippen molar-refractivity contribution in [3.8, 4) is 11.8 Å². The Balaban J connectivity index is 1.94. The van der Waals surface area contributed by atoms with E-state index in [1.54, 1.807) is 19.2 Å². The Labute approximate surface area is 172 Å². The lowest BCUT2D eigenvalue weighted by Crippen LogP contribution is -2.39. The first-order chi connectivity index (χ1) is 13.5. The number of carbonyl (C=O) groups is 1. The molecule has 1 saturated carbocycles. The fourth-order valence-corrected chi connectivity index (χ4v) is 4.87. The van der Waals surface area contributed by atoms with Crippen LogP contribution < -0.4 is 5.32 Å². The molecule has 0 aliphatic heterocycles. The highest BCUT2D eigenvalue weighted by Crippen LogP contribution is 2.30. The minimum Gasteiger partial charge on any atom is -0.326 e. The molecule has 1 N–H and O–H groups in total. The summed E-state index contributed by atoms with van der Waals surface area (Å²) in [5, 5.41) is 2.61. The quantitative estimate of drug-likeness (QED) is 0.531. The van der Waals surface area contributed by atoms with Gasteiger partial charge in [0.2, 0.25) is 15.9 Å². The molecule has 1 amide bonds. The number of sulfonamides is 1. The molecular formula is C19H26N2O6S2. The highest BCUT2D eigenvalue weighted by Gasteiger charge is 2.31. The third-order valence-corrected chi connectivity index (χ3v) is 7.18. The van der Waals surface area contributed by atoms with Crippen LogP contribution in [0.4, 0.5) is 5.69 Å². The number of hydrogen-bond donors (Lipinski definition) is 1. The topological polar surface area (TPSA) is 110 Å². The zero-order valence-electron chi connectivity index (χ0n) is 16.7. The van der Waals surface area contributed by atoms with Crippen molar-refractivity contribution in [2.75, 3.05) is 25.2 Å². The Kier molecular flexibility index (Phi) is 7.82. The molecule has 0 radical (unpaired) electrons. The SMILES string of the molecule is CC(=O)Nc1ccc(S(=O)(=O)N(C)C2CCC(C#CCOS(C)(=O)=O)CC2)cc1. The van der Waals surface area contributed by atoms with Gasteiger partial charge >= 0.3 is 0 Å². The third-order valence-electron chi connectivity index (χ3n) is 4.71. The van der Waals surface area contributed by atoms with Gasteiger partial charge in [0, 0.05) is 31.6 Å². The van der Waals surface area contributed by atoms with Crippen molar-refractivity contribution in [1.82, 2.24) is 4.31 Å². The van der Waals surface area contributed by atoms with Gasteiger partial charge in [0.15, 0.2) is 0 Å². The average Bonchev–Trinajstić information content (AvgIpc) is 2.64. The molecular weight excluding hydrogens is 416 g/mol. The Morgan fingerprint density at radius 1 is 1.14 bits per heavy atom. The van der Waals surface area contributed by atoms with Crippen molar-refractivity contribution >= 4 is 31.7 Å². The maximum Gasteiger partial charge on any atom is 0.265 e. The van der Waals surface area contributed by atoms with E-state index in [9.17, 15) is 21.6 Å². The Bertz CT molecular complexity index is 983. The van der Waals surface area contributed by atoms with Crippen molar-refractivity contribution in [1.29, 1.82) is 0 Å². The largest absolute Gasteiger partial charge is 0.326 e. The second kappa shape index (κ2) is 9.71. The van der Waals surface area contributed by atoms with E-state index in [4.69, 9.17) is 0 Å². The summed E-state index contributed by atoms with van der Waals surface area (Å²) in [6.07, 6.45) is 3.79. The fraction of sp³-hybridized carbons (Fsp3) is 0.526. The zero-order chi connectivity index (χ0) is 21.7. The molecule has 160 valence electrons. The number of carbonyl (C=O) groups excluding carboxylic acids is 1. The van der Waals surface area contributed by atoms with Crippen LogP contribution in [0, 0.1) is 17.8 Å². The van der Waals surface area contributed by atoms with E-state index in [0.29, 0.717) is 18.5 Å². The van der Waals surface area contributed by atoms with Gasteiger partial charge in [-0.25, -0.2) is 8.42 Å². The molecule has 0 aromatic heterocycles. The second-order valence-corrected chi connectivity index (χ2v) is 10.7. The highest BCUT2D eigenvalue weighted by molar-refractivity contribution is 7.89. The van der Waals surface area contributed by atoms with Crippen molar-refractivity contribution < 1.29 is 25.8 Å². The van der Waals surface area contributed by atoms with Crippen LogP contribution in [0.5, 0.6) is 0 Å². The fourth-order valence-electron chi connectivity index (χ4n) is 3.18. The van der Waals surface area contributed by atoms with Crippen molar-refractivity contribution in [3.05, 3.63) is 24.3 Å². The summed E-state index contributed by atoms with van der Waals surface area (Å²) in [6, 6.07) is 5.96. The smallest absolute Gasteiger partial charge is 0.265 e. The molecule has 0 heterocycles. The number of benzene rings is 1. The molecule has 1 aromatic rings. The van der Waals surface area contributed by atoms with Crippen LogP contribution in [0.15, 0.2) is 29.2 Å². The molecule has 29 heavy (non-hydrogen) atoms. The number of amides is 1. The zero-order valence-corrected chi connectivity index (χ0v) is 18.3. The first-order valence-corrected chi connectivity index (χ1v) is 12.4. The molecule has 0 atom stereocenters. The molecule has 1 aliphatic carbocycles. The minimum atomic E-state index is -3.64. The third kappa shape index (κ3) is 7.12. The van der Waals surface area contributed by atoms with Gasteiger partial charge in [-0.2, -0.15) is 12.7 Å². The Morgan fingerprint density at radius 2 is 1.72 bits per heavy atom. The molecule has 1 aromatic carbocycles. The van der Waals surface area contributed by atoms with Crippen LogP contribution in [-0.2, 0) is 29.1 Å². The van der Waals surface area contributed by atoms with E-state index in [1.165, 1.54) is 23.4 Å². The van der Waals surface area contributed by atoms with Crippen LogP contribution >= 0.6 is 0 Å². The van der Waals surface area contributed by atoms with E-state index in [0.717, 1.165) is 19.1 Å². The van der Waals surface area contributed by atoms with Gasteiger partial charge < -0.3 is 5.32 Å². The van der Waals surface area contributed by atoms with E-state index in [-0.39, 0.29) is 29.4 Å². The normalized spacial score (nSPS) is 20.0. The Hall–Kier alpha value is -1.93. The number of anilines is 1. The molecule has 0 unspecified atom stereocenters. The van der Waals surface area contributed by atoms with Gasteiger partial charge in [-0.15, -0.1) is 0 Å². The second-order valence-electron chi connectivity index (χ2n) is 7.02. The number of hydrogen-bond acceptors (Lipinski definition) is 6. The van der Waals surface area contributed by atoms with Crippen LogP contribution in [0.3, 0.4) is 0 Å². The summed E-state index contributed by atoms with van der Waals surface area (Å²) in [4.78, 5) is 11.3.